The Kier molecular flexibility index (Phi) is 6.46. The predicted octanol–water partition coefficient (Wildman–Crippen LogP) is 4.04. The number of nitrogens with one attached hydrogen (secondary N) is 2. The number of pyridine rings is 1. The Balaban J connectivity index is 1.37. The van der Waals surface area contributed by atoms with Crippen LogP contribution >= 0.6 is 11.6 Å². The number of aromatic amines is 1. The Morgan fingerprint density at radius 1 is 1.31 bits per heavy atom. The van der Waals surface area contributed by atoms with Gasteiger partial charge in [0.25, 0.3) is 0 Å². The molecule has 36 heavy (non-hydrogen) atoms. The first-order chi connectivity index (χ1) is 17.2. The average molecular weight is 510 g/mol. The molecular weight excluding hydrogens is 482 g/mol. The molecule has 0 bridgehead atoms. The third kappa shape index (κ3) is 4.95. The van der Waals surface area contributed by atoms with Crippen LogP contribution in [-0.2, 0) is 20.9 Å². The molecule has 4 aromatic rings. The second kappa shape index (κ2) is 9.57. The van der Waals surface area contributed by atoms with Crippen LogP contribution in [0.2, 0.25) is 5.02 Å². The highest BCUT2D eigenvalue weighted by Crippen LogP contribution is 2.33. The molecule has 1 aliphatic heterocycles. The summed E-state index contributed by atoms with van der Waals surface area (Å²) >= 11 is 6.40. The summed E-state index contributed by atoms with van der Waals surface area (Å²) in [6.07, 6.45) is 5.03. The molecule has 10 heteroatoms. The maximum atomic E-state index is 13.5. The molecule has 5 rings (SSSR count). The van der Waals surface area contributed by atoms with Gasteiger partial charge in [-0.1, -0.05) is 11.6 Å². The van der Waals surface area contributed by atoms with Crippen molar-refractivity contribution in [2.75, 3.05) is 32.1 Å². The van der Waals surface area contributed by atoms with Gasteiger partial charge in [0.15, 0.2) is 0 Å². The summed E-state index contributed by atoms with van der Waals surface area (Å²) in [7, 11) is 1.72. The van der Waals surface area contributed by atoms with E-state index in [1.807, 2.05) is 36.9 Å². The number of anilines is 1. The highest BCUT2D eigenvalue weighted by atomic mass is 35.5. The van der Waals surface area contributed by atoms with E-state index in [1.54, 1.807) is 42.7 Å². The Hall–Kier alpha value is -3.40. The van der Waals surface area contributed by atoms with Crippen LogP contribution in [0.5, 0.6) is 0 Å². The number of furan rings is 1. The minimum absolute atomic E-state index is 0.0745. The molecule has 9 nitrogen and oxygen atoms in total. The molecule has 0 radical (unpaired) electrons. The number of fused-ring (bicyclic) bond motifs is 3. The van der Waals surface area contributed by atoms with Crippen molar-refractivity contribution < 1.29 is 18.7 Å². The first-order valence-electron chi connectivity index (χ1n) is 11.7. The fraction of sp³-hybridized carbons (Fsp3) is 0.346. The number of halogens is 1. The van der Waals surface area contributed by atoms with E-state index in [2.05, 4.69) is 15.3 Å². The summed E-state index contributed by atoms with van der Waals surface area (Å²) in [6.45, 7) is 4.91. The van der Waals surface area contributed by atoms with Gasteiger partial charge in [0, 0.05) is 35.6 Å². The molecule has 1 saturated heterocycles. The first kappa shape index (κ1) is 24.3. The highest BCUT2D eigenvalue weighted by molar-refractivity contribution is 6.33. The third-order valence-electron chi connectivity index (χ3n) is 6.43. The molecule has 2 N–H and O–H groups in total. The van der Waals surface area contributed by atoms with Crippen molar-refractivity contribution >= 4 is 50.9 Å². The van der Waals surface area contributed by atoms with Crippen LogP contribution in [0.3, 0.4) is 0 Å². The molecule has 1 atom stereocenters. The minimum Gasteiger partial charge on any atom is -0.467 e. The minimum atomic E-state index is -0.654. The summed E-state index contributed by atoms with van der Waals surface area (Å²) in [5.74, 6) is 0.309. The van der Waals surface area contributed by atoms with Crippen molar-refractivity contribution in [3.8, 4) is 0 Å². The standard InChI is InChI=1S/C26H28ClN5O4/c1-26(2)15-32(13-23(33)31(3)12-17-5-4-8-35-17)22(14-36-26)25(34)30-20-10-16(27)9-19-18-6-7-28-11-21(18)29-24(19)20/h4-11,22,29H,12-15H2,1-3H3,(H,30,34)/t22-/m0/s1. The first-order valence-corrected chi connectivity index (χ1v) is 12.1. The molecule has 3 aromatic heterocycles. The second-order valence-corrected chi connectivity index (χ2v) is 10.2. The number of likely N-dealkylation sites (N-methyl/N-ethyl adjacent to an activating group) is 1. The van der Waals surface area contributed by atoms with Gasteiger partial charge in [-0.05, 0) is 44.2 Å². The van der Waals surface area contributed by atoms with Crippen LogP contribution < -0.4 is 5.32 Å². The summed E-state index contributed by atoms with van der Waals surface area (Å²) in [4.78, 5) is 37.5. The number of morpholine rings is 1. The Labute approximate surface area is 213 Å². The molecule has 0 unspecified atom stereocenters. The molecule has 0 spiro atoms. The summed E-state index contributed by atoms with van der Waals surface area (Å²) in [5, 5.41) is 5.38. The molecular formula is C26H28ClN5O4. The maximum Gasteiger partial charge on any atom is 0.244 e. The molecule has 1 aromatic carbocycles. The fourth-order valence-corrected chi connectivity index (χ4v) is 4.83. The molecule has 1 aliphatic rings. The number of rotatable bonds is 6. The lowest BCUT2D eigenvalue weighted by atomic mass is 10.0. The molecule has 2 amide bonds. The van der Waals surface area contributed by atoms with Gasteiger partial charge in [0.1, 0.15) is 11.8 Å². The lowest BCUT2D eigenvalue weighted by Crippen LogP contribution is -2.60. The average Bonchev–Trinajstić information content (AvgIpc) is 3.46. The summed E-state index contributed by atoms with van der Waals surface area (Å²) in [5.41, 5.74) is 1.67. The van der Waals surface area contributed by atoms with Gasteiger partial charge in [-0.25, -0.2) is 0 Å². The van der Waals surface area contributed by atoms with Crippen molar-refractivity contribution in [1.29, 1.82) is 0 Å². The van der Waals surface area contributed by atoms with Gasteiger partial charge >= 0.3 is 0 Å². The van der Waals surface area contributed by atoms with Crippen LogP contribution in [0.15, 0.2) is 53.4 Å². The number of carbonyl (C=O) groups excluding carboxylic acids is 2. The van der Waals surface area contributed by atoms with Crippen LogP contribution in [0.4, 0.5) is 5.69 Å². The van der Waals surface area contributed by atoms with Crippen molar-refractivity contribution in [2.24, 2.45) is 0 Å². The largest absolute Gasteiger partial charge is 0.467 e. The van der Waals surface area contributed by atoms with Crippen molar-refractivity contribution in [3.63, 3.8) is 0 Å². The Bertz CT molecular complexity index is 1410. The van der Waals surface area contributed by atoms with E-state index in [4.69, 9.17) is 20.8 Å². The Morgan fingerprint density at radius 3 is 2.92 bits per heavy atom. The number of nitrogens with zero attached hydrogens (tertiary/aromatic N) is 3. The van der Waals surface area contributed by atoms with E-state index in [1.165, 1.54) is 0 Å². The number of hydrogen-bond acceptors (Lipinski definition) is 6. The highest BCUT2D eigenvalue weighted by Gasteiger charge is 2.39. The van der Waals surface area contributed by atoms with E-state index in [0.29, 0.717) is 29.6 Å². The predicted molar refractivity (Wildman–Crippen MR) is 138 cm³/mol. The van der Waals surface area contributed by atoms with Crippen molar-refractivity contribution in [3.05, 3.63) is 59.8 Å². The summed E-state index contributed by atoms with van der Waals surface area (Å²) < 4.78 is 11.3. The lowest BCUT2D eigenvalue weighted by Gasteiger charge is -2.42. The lowest BCUT2D eigenvalue weighted by molar-refractivity contribution is -0.150. The molecule has 0 saturated carbocycles. The maximum absolute atomic E-state index is 13.5. The van der Waals surface area contributed by atoms with E-state index in [0.717, 1.165) is 21.8 Å². The number of ether oxygens (including phenoxy) is 1. The van der Waals surface area contributed by atoms with Gasteiger partial charge in [-0.15, -0.1) is 0 Å². The van der Waals surface area contributed by atoms with Gasteiger partial charge in [-0.3, -0.25) is 19.5 Å². The number of carbonyl (C=O) groups is 2. The van der Waals surface area contributed by atoms with E-state index < -0.39 is 11.6 Å². The number of amides is 2. The second-order valence-electron chi connectivity index (χ2n) is 9.73. The van der Waals surface area contributed by atoms with Gasteiger partial charge in [0.05, 0.1) is 54.5 Å². The Morgan fingerprint density at radius 2 is 2.14 bits per heavy atom. The SMILES string of the molecule is CN(Cc1ccco1)C(=O)CN1CC(C)(C)OC[C@H]1C(=O)Nc1cc(Cl)cc2c1[nH]c1cnccc12. The van der Waals surface area contributed by atoms with E-state index in [9.17, 15) is 9.59 Å². The monoisotopic (exact) mass is 509 g/mol. The van der Waals surface area contributed by atoms with Crippen LogP contribution in [0.25, 0.3) is 21.8 Å². The number of aromatic nitrogens is 2. The van der Waals surface area contributed by atoms with Crippen molar-refractivity contribution in [2.45, 2.75) is 32.0 Å². The zero-order chi connectivity index (χ0) is 25.4. The van der Waals surface area contributed by atoms with Crippen LogP contribution in [0.1, 0.15) is 19.6 Å². The fourth-order valence-electron chi connectivity index (χ4n) is 4.61. The van der Waals surface area contributed by atoms with Gasteiger partial charge in [-0.2, -0.15) is 0 Å². The molecule has 1 fully saturated rings. The molecule has 4 heterocycles. The molecule has 188 valence electrons. The van der Waals surface area contributed by atoms with Gasteiger partial charge < -0.3 is 24.4 Å². The number of H-pyrrole nitrogens is 1. The smallest absolute Gasteiger partial charge is 0.244 e. The van der Waals surface area contributed by atoms with E-state index in [-0.39, 0.29) is 25.0 Å². The zero-order valence-corrected chi connectivity index (χ0v) is 21.1. The van der Waals surface area contributed by atoms with Gasteiger partial charge in [0.2, 0.25) is 11.8 Å². The number of hydrogen-bond donors (Lipinski definition) is 2. The third-order valence-corrected chi connectivity index (χ3v) is 6.65. The number of benzene rings is 1. The molecule has 0 aliphatic carbocycles. The van der Waals surface area contributed by atoms with Crippen LogP contribution in [0, 0.1) is 0 Å². The quantitative estimate of drug-likeness (QED) is 0.406. The zero-order valence-electron chi connectivity index (χ0n) is 20.4. The topological polar surface area (TPSA) is 104 Å². The summed E-state index contributed by atoms with van der Waals surface area (Å²) in [6, 6.07) is 8.43. The normalized spacial score (nSPS) is 17.9. The van der Waals surface area contributed by atoms with Crippen molar-refractivity contribution in [1.82, 2.24) is 19.8 Å². The van der Waals surface area contributed by atoms with E-state index >= 15 is 0 Å². The van der Waals surface area contributed by atoms with Crippen LogP contribution in [-0.4, -0.2) is 70.0 Å².